The molecule has 0 aromatic heterocycles. The Morgan fingerprint density at radius 3 is 2.45 bits per heavy atom. The Hall–Kier alpha value is -0.200. The van der Waals surface area contributed by atoms with Gasteiger partial charge in [-0.05, 0) is 11.8 Å². The van der Waals surface area contributed by atoms with E-state index < -0.39 is 12.2 Å². The molecule has 0 amide bonds. The molecule has 1 aliphatic rings. The monoisotopic (exact) mass is 318 g/mol. The molecule has 0 aromatic carbocycles. The van der Waals surface area contributed by atoms with Crippen LogP contribution in [0, 0.1) is 5.41 Å². The smallest absolute Gasteiger partial charge is 0.100 e. The van der Waals surface area contributed by atoms with Gasteiger partial charge in [0.05, 0.1) is 37.6 Å². The number of hydrogen-bond acceptors (Lipinski definition) is 5. The summed E-state index contributed by atoms with van der Waals surface area (Å²) in [7, 11) is 0. The van der Waals surface area contributed by atoms with Gasteiger partial charge < -0.3 is 24.8 Å². The first kappa shape index (κ1) is 19.8. The molecule has 3 N–H and O–H groups in total. The molecule has 132 valence electrons. The van der Waals surface area contributed by atoms with E-state index in [9.17, 15) is 10.2 Å². The average Bonchev–Trinajstić information content (AvgIpc) is 2.89. The molecule has 5 atom stereocenters. The topological polar surface area (TPSA) is 79.2 Å². The van der Waals surface area contributed by atoms with Gasteiger partial charge >= 0.3 is 0 Å². The van der Waals surface area contributed by atoms with E-state index in [1.807, 2.05) is 0 Å². The Balaban J connectivity index is 2.58. The molecule has 1 fully saturated rings. The van der Waals surface area contributed by atoms with Crippen LogP contribution >= 0.6 is 0 Å². The van der Waals surface area contributed by atoms with Gasteiger partial charge in [0.2, 0.25) is 0 Å². The highest BCUT2D eigenvalue weighted by Crippen LogP contribution is 2.37. The third kappa shape index (κ3) is 6.13. The highest BCUT2D eigenvalue weighted by atomic mass is 16.6. The number of rotatable bonds is 9. The fourth-order valence-corrected chi connectivity index (χ4v) is 2.93. The molecule has 1 rings (SSSR count). The van der Waals surface area contributed by atoms with E-state index in [-0.39, 0.29) is 36.9 Å². The first-order chi connectivity index (χ1) is 10.3. The van der Waals surface area contributed by atoms with Gasteiger partial charge in [0.15, 0.2) is 0 Å². The molecule has 0 saturated carbocycles. The summed E-state index contributed by atoms with van der Waals surface area (Å²) in [6, 6.07) is 0. The van der Waals surface area contributed by atoms with Gasteiger partial charge in [-0.3, -0.25) is 0 Å². The predicted octanol–water partition coefficient (Wildman–Crippen LogP) is 1.87. The van der Waals surface area contributed by atoms with Crippen molar-refractivity contribution >= 4 is 0 Å². The number of aliphatic hydroxyl groups excluding tert-OH is 3. The molecule has 0 aliphatic carbocycles. The van der Waals surface area contributed by atoms with Crippen LogP contribution in [0.3, 0.4) is 0 Å². The van der Waals surface area contributed by atoms with Crippen LogP contribution in [0.4, 0.5) is 0 Å². The molecule has 0 bridgehead atoms. The quantitative estimate of drug-likeness (QED) is 0.566. The number of ether oxygens (including phenoxy) is 2. The molecule has 1 saturated heterocycles. The average molecular weight is 318 g/mol. The molecule has 5 heteroatoms. The minimum atomic E-state index is -0.867. The summed E-state index contributed by atoms with van der Waals surface area (Å²) in [5, 5.41) is 28.7. The molecule has 1 aliphatic heterocycles. The zero-order chi connectivity index (χ0) is 16.8. The van der Waals surface area contributed by atoms with Crippen molar-refractivity contribution in [1.82, 2.24) is 0 Å². The van der Waals surface area contributed by atoms with Crippen LogP contribution < -0.4 is 0 Å². The van der Waals surface area contributed by atoms with Crippen molar-refractivity contribution in [1.29, 1.82) is 0 Å². The normalized spacial score (nSPS) is 28.8. The van der Waals surface area contributed by atoms with E-state index in [4.69, 9.17) is 14.6 Å². The van der Waals surface area contributed by atoms with Gasteiger partial charge in [0, 0.05) is 6.42 Å². The summed E-state index contributed by atoms with van der Waals surface area (Å²) in [4.78, 5) is 0. The third-order valence-corrected chi connectivity index (χ3v) is 4.22. The van der Waals surface area contributed by atoms with E-state index in [1.54, 1.807) is 0 Å². The Labute approximate surface area is 134 Å². The van der Waals surface area contributed by atoms with E-state index in [1.165, 1.54) is 0 Å². The maximum Gasteiger partial charge on any atom is 0.100 e. The Morgan fingerprint density at radius 1 is 1.23 bits per heavy atom. The number of aliphatic hydroxyl groups is 3. The number of unbranched alkanes of at least 4 members (excludes halogenated alkanes) is 2. The summed E-state index contributed by atoms with van der Waals surface area (Å²) in [6.45, 7) is 8.18. The summed E-state index contributed by atoms with van der Waals surface area (Å²) >= 11 is 0. The summed E-state index contributed by atoms with van der Waals surface area (Å²) in [5.74, 6) is 0. The maximum absolute atomic E-state index is 10.3. The maximum atomic E-state index is 10.3. The van der Waals surface area contributed by atoms with Crippen molar-refractivity contribution in [3.05, 3.63) is 0 Å². The lowest BCUT2D eigenvalue weighted by atomic mass is 9.85. The van der Waals surface area contributed by atoms with Crippen molar-refractivity contribution in [2.75, 3.05) is 13.2 Å². The van der Waals surface area contributed by atoms with Gasteiger partial charge in [0.25, 0.3) is 0 Å². The van der Waals surface area contributed by atoms with Crippen molar-refractivity contribution in [3.8, 4) is 0 Å². The minimum absolute atomic E-state index is 0.0930. The van der Waals surface area contributed by atoms with Crippen LogP contribution in [0.5, 0.6) is 0 Å². The minimum Gasteiger partial charge on any atom is -0.394 e. The zero-order valence-corrected chi connectivity index (χ0v) is 14.5. The molecular formula is C17H34O5. The van der Waals surface area contributed by atoms with Gasteiger partial charge in [-0.15, -0.1) is 0 Å². The van der Waals surface area contributed by atoms with Gasteiger partial charge in [-0.1, -0.05) is 47.0 Å². The van der Waals surface area contributed by atoms with Crippen LogP contribution in [0.25, 0.3) is 0 Å². The third-order valence-electron chi connectivity index (χ3n) is 4.22. The SMILES string of the molecule is CCCCCC(O)C1CC(OCC(O)CO)C(C(C)(C)C)O1. The first-order valence-electron chi connectivity index (χ1n) is 8.53. The zero-order valence-electron chi connectivity index (χ0n) is 14.5. The molecule has 5 unspecified atom stereocenters. The predicted molar refractivity (Wildman–Crippen MR) is 85.7 cm³/mol. The molecule has 1 heterocycles. The van der Waals surface area contributed by atoms with Crippen molar-refractivity contribution < 1.29 is 24.8 Å². The summed E-state index contributed by atoms with van der Waals surface area (Å²) in [5.41, 5.74) is -0.104. The molecule has 5 nitrogen and oxygen atoms in total. The molecule has 22 heavy (non-hydrogen) atoms. The second-order valence-electron chi connectivity index (χ2n) is 7.47. The Morgan fingerprint density at radius 2 is 1.91 bits per heavy atom. The standard InChI is InChI=1S/C17H34O5/c1-5-6-7-8-13(20)14-9-15(21-11-12(19)10-18)16(22-14)17(2,3)4/h12-16,18-20H,5-11H2,1-4H3. The second kappa shape index (κ2) is 9.18. The van der Waals surface area contributed by atoms with E-state index >= 15 is 0 Å². The van der Waals surface area contributed by atoms with Crippen molar-refractivity contribution in [2.24, 2.45) is 5.41 Å². The second-order valence-corrected chi connectivity index (χ2v) is 7.47. The largest absolute Gasteiger partial charge is 0.394 e. The van der Waals surface area contributed by atoms with Crippen molar-refractivity contribution in [2.45, 2.75) is 90.3 Å². The lowest BCUT2D eigenvalue weighted by Gasteiger charge is -2.31. The summed E-state index contributed by atoms with van der Waals surface area (Å²) in [6.07, 6.45) is 2.82. The van der Waals surface area contributed by atoms with E-state index in [2.05, 4.69) is 27.7 Å². The van der Waals surface area contributed by atoms with Crippen LogP contribution in [0.15, 0.2) is 0 Å². The van der Waals surface area contributed by atoms with Gasteiger partial charge in [-0.25, -0.2) is 0 Å². The highest BCUT2D eigenvalue weighted by molar-refractivity contribution is 4.93. The molecule has 0 aromatic rings. The Bertz CT molecular complexity index is 302. The lowest BCUT2D eigenvalue weighted by molar-refractivity contribution is -0.107. The van der Waals surface area contributed by atoms with E-state index in [0.717, 1.165) is 25.7 Å². The fourth-order valence-electron chi connectivity index (χ4n) is 2.93. The molecule has 0 spiro atoms. The van der Waals surface area contributed by atoms with Crippen LogP contribution in [-0.2, 0) is 9.47 Å². The van der Waals surface area contributed by atoms with Gasteiger partial charge in [0.1, 0.15) is 6.10 Å². The first-order valence-corrected chi connectivity index (χ1v) is 8.53. The molecule has 0 radical (unpaired) electrons. The van der Waals surface area contributed by atoms with Crippen LogP contribution in [0.2, 0.25) is 0 Å². The van der Waals surface area contributed by atoms with Crippen molar-refractivity contribution in [3.63, 3.8) is 0 Å². The summed E-state index contributed by atoms with van der Waals surface area (Å²) < 4.78 is 11.8. The van der Waals surface area contributed by atoms with Crippen LogP contribution in [0.1, 0.15) is 59.8 Å². The van der Waals surface area contributed by atoms with E-state index in [0.29, 0.717) is 6.42 Å². The molecular weight excluding hydrogens is 284 g/mol. The number of hydrogen-bond donors (Lipinski definition) is 3. The van der Waals surface area contributed by atoms with Gasteiger partial charge in [-0.2, -0.15) is 0 Å². The van der Waals surface area contributed by atoms with Crippen LogP contribution in [-0.4, -0.2) is 59.1 Å². The highest BCUT2D eigenvalue weighted by Gasteiger charge is 2.44. The fraction of sp³-hybridized carbons (Fsp3) is 1.00. The lowest BCUT2D eigenvalue weighted by Crippen LogP contribution is -2.38. The Kier molecular flexibility index (Phi) is 8.28.